The first kappa shape index (κ1) is 15.7. The number of halogens is 2. The van der Waals surface area contributed by atoms with Crippen molar-refractivity contribution < 1.29 is 13.6 Å². The highest BCUT2D eigenvalue weighted by molar-refractivity contribution is 5.94. The standard InChI is InChI=1S/C16H22F2N2O/c1-3-5-11-6-7-20(10-11)16(21)12-8-13(17)15(19-4-2)14(18)9-12/h8-9,11,19H,3-7,10H2,1-2H3. The number of anilines is 1. The van der Waals surface area contributed by atoms with Crippen molar-refractivity contribution in [1.82, 2.24) is 4.90 Å². The summed E-state index contributed by atoms with van der Waals surface area (Å²) >= 11 is 0. The number of nitrogens with zero attached hydrogens (tertiary/aromatic N) is 1. The predicted octanol–water partition coefficient (Wildman–Crippen LogP) is 3.66. The van der Waals surface area contributed by atoms with Gasteiger partial charge in [-0.2, -0.15) is 0 Å². The molecule has 116 valence electrons. The highest BCUT2D eigenvalue weighted by Crippen LogP contribution is 2.25. The summed E-state index contributed by atoms with van der Waals surface area (Å²) < 4.78 is 27.7. The van der Waals surface area contributed by atoms with E-state index in [2.05, 4.69) is 12.2 Å². The Morgan fingerprint density at radius 3 is 2.57 bits per heavy atom. The summed E-state index contributed by atoms with van der Waals surface area (Å²) in [5.41, 5.74) is -0.0804. The van der Waals surface area contributed by atoms with Crippen LogP contribution in [0.15, 0.2) is 12.1 Å². The van der Waals surface area contributed by atoms with Crippen LogP contribution < -0.4 is 5.32 Å². The van der Waals surface area contributed by atoms with Gasteiger partial charge in [-0.05, 0) is 37.8 Å². The summed E-state index contributed by atoms with van der Waals surface area (Å²) in [7, 11) is 0. The van der Waals surface area contributed by atoms with E-state index in [1.165, 1.54) is 0 Å². The fraction of sp³-hybridized carbons (Fsp3) is 0.562. The first-order chi connectivity index (χ1) is 10.1. The molecule has 1 saturated heterocycles. The molecule has 1 fully saturated rings. The van der Waals surface area contributed by atoms with Crippen molar-refractivity contribution >= 4 is 11.6 Å². The average molecular weight is 296 g/mol. The van der Waals surface area contributed by atoms with Gasteiger partial charge in [0.05, 0.1) is 0 Å². The molecule has 1 atom stereocenters. The van der Waals surface area contributed by atoms with E-state index in [9.17, 15) is 13.6 Å². The summed E-state index contributed by atoms with van der Waals surface area (Å²) in [5, 5.41) is 2.63. The van der Waals surface area contributed by atoms with Crippen LogP contribution in [0.4, 0.5) is 14.5 Å². The highest BCUT2D eigenvalue weighted by Gasteiger charge is 2.27. The molecule has 3 nitrogen and oxygen atoms in total. The molecule has 1 aromatic carbocycles. The van der Waals surface area contributed by atoms with E-state index in [1.54, 1.807) is 11.8 Å². The number of carbonyl (C=O) groups excluding carboxylic acids is 1. The summed E-state index contributed by atoms with van der Waals surface area (Å²) in [4.78, 5) is 14.0. The third-order valence-electron chi connectivity index (χ3n) is 3.91. The Hall–Kier alpha value is -1.65. The Bertz CT molecular complexity index is 496. The van der Waals surface area contributed by atoms with Crippen molar-refractivity contribution in [1.29, 1.82) is 0 Å². The minimum Gasteiger partial charge on any atom is -0.381 e. The zero-order valence-electron chi connectivity index (χ0n) is 12.6. The molecule has 1 aromatic rings. The zero-order chi connectivity index (χ0) is 15.4. The van der Waals surface area contributed by atoms with Crippen molar-refractivity contribution in [2.24, 2.45) is 5.92 Å². The van der Waals surface area contributed by atoms with E-state index in [4.69, 9.17) is 0 Å². The monoisotopic (exact) mass is 296 g/mol. The third-order valence-corrected chi connectivity index (χ3v) is 3.91. The molecule has 1 aliphatic rings. The number of nitrogens with one attached hydrogen (secondary N) is 1. The lowest BCUT2D eigenvalue weighted by Gasteiger charge is -2.17. The number of carbonyl (C=O) groups is 1. The number of benzene rings is 1. The molecule has 5 heteroatoms. The van der Waals surface area contributed by atoms with Gasteiger partial charge in [0.25, 0.3) is 5.91 Å². The van der Waals surface area contributed by atoms with Gasteiger partial charge in [-0.3, -0.25) is 4.79 Å². The maximum Gasteiger partial charge on any atom is 0.254 e. The van der Waals surface area contributed by atoms with Crippen molar-refractivity contribution in [3.8, 4) is 0 Å². The van der Waals surface area contributed by atoms with E-state index in [1.807, 2.05) is 0 Å². The Balaban J connectivity index is 2.13. The molecule has 0 aromatic heterocycles. The fourth-order valence-electron chi connectivity index (χ4n) is 2.89. The molecule has 1 N–H and O–H groups in total. The molecule has 1 aliphatic heterocycles. The molecule has 21 heavy (non-hydrogen) atoms. The molecule has 1 heterocycles. The maximum absolute atomic E-state index is 13.9. The predicted molar refractivity (Wildman–Crippen MR) is 79.4 cm³/mol. The molecule has 2 rings (SSSR count). The quantitative estimate of drug-likeness (QED) is 0.899. The summed E-state index contributed by atoms with van der Waals surface area (Å²) in [6.07, 6.45) is 3.15. The van der Waals surface area contributed by atoms with Crippen LogP contribution in [0.3, 0.4) is 0 Å². The lowest BCUT2D eigenvalue weighted by Crippen LogP contribution is -2.29. The molecule has 0 aliphatic carbocycles. The number of hydrogen-bond acceptors (Lipinski definition) is 2. The van der Waals surface area contributed by atoms with Gasteiger partial charge in [0, 0.05) is 25.2 Å². The average Bonchev–Trinajstić information content (AvgIpc) is 2.91. The number of likely N-dealkylation sites (tertiary alicyclic amines) is 1. The van der Waals surface area contributed by atoms with Crippen molar-refractivity contribution in [2.75, 3.05) is 25.0 Å². The van der Waals surface area contributed by atoms with Crippen molar-refractivity contribution in [3.63, 3.8) is 0 Å². The highest BCUT2D eigenvalue weighted by atomic mass is 19.1. The van der Waals surface area contributed by atoms with E-state index < -0.39 is 11.6 Å². The van der Waals surface area contributed by atoms with Gasteiger partial charge in [-0.1, -0.05) is 13.3 Å². The molecule has 0 spiro atoms. The second-order valence-corrected chi connectivity index (χ2v) is 5.54. The molecular formula is C16H22F2N2O. The van der Waals surface area contributed by atoms with Crippen LogP contribution in [0, 0.1) is 17.6 Å². The summed E-state index contributed by atoms with van der Waals surface area (Å²) in [5.74, 6) is -1.21. The molecule has 0 bridgehead atoms. The van der Waals surface area contributed by atoms with Gasteiger partial charge in [-0.25, -0.2) is 8.78 Å². The van der Waals surface area contributed by atoms with Crippen LogP contribution in [-0.4, -0.2) is 30.4 Å². The minimum absolute atomic E-state index is 0.0869. The Morgan fingerprint density at radius 1 is 1.33 bits per heavy atom. The molecule has 1 amide bonds. The third kappa shape index (κ3) is 3.52. The minimum atomic E-state index is -0.718. The summed E-state index contributed by atoms with van der Waals surface area (Å²) in [6.45, 7) is 5.66. The van der Waals surface area contributed by atoms with Gasteiger partial charge in [0.2, 0.25) is 0 Å². The fourth-order valence-corrected chi connectivity index (χ4v) is 2.89. The first-order valence-electron chi connectivity index (χ1n) is 7.59. The van der Waals surface area contributed by atoms with Crippen LogP contribution >= 0.6 is 0 Å². The molecule has 0 radical (unpaired) electrons. The van der Waals surface area contributed by atoms with E-state index in [-0.39, 0.29) is 17.2 Å². The van der Waals surface area contributed by atoms with Crippen LogP contribution in [0.5, 0.6) is 0 Å². The molecule has 0 saturated carbocycles. The lowest BCUT2D eigenvalue weighted by atomic mass is 10.0. The topological polar surface area (TPSA) is 32.3 Å². The van der Waals surface area contributed by atoms with Gasteiger partial charge in [0.15, 0.2) is 0 Å². The number of amides is 1. The van der Waals surface area contributed by atoms with E-state index >= 15 is 0 Å². The lowest BCUT2D eigenvalue weighted by molar-refractivity contribution is 0.0785. The number of hydrogen-bond donors (Lipinski definition) is 1. The Morgan fingerprint density at radius 2 is 2.00 bits per heavy atom. The van der Waals surface area contributed by atoms with Crippen molar-refractivity contribution in [2.45, 2.75) is 33.1 Å². The largest absolute Gasteiger partial charge is 0.381 e. The van der Waals surface area contributed by atoms with Gasteiger partial charge in [-0.15, -0.1) is 0 Å². The smallest absolute Gasteiger partial charge is 0.254 e. The van der Waals surface area contributed by atoms with Crippen LogP contribution in [0.2, 0.25) is 0 Å². The van der Waals surface area contributed by atoms with Crippen LogP contribution in [-0.2, 0) is 0 Å². The maximum atomic E-state index is 13.9. The zero-order valence-corrected chi connectivity index (χ0v) is 12.6. The van der Waals surface area contributed by atoms with Gasteiger partial charge in [0.1, 0.15) is 17.3 Å². The van der Waals surface area contributed by atoms with Crippen LogP contribution in [0.25, 0.3) is 0 Å². The van der Waals surface area contributed by atoms with Gasteiger partial charge >= 0.3 is 0 Å². The first-order valence-corrected chi connectivity index (χ1v) is 7.59. The number of rotatable bonds is 5. The normalized spacial score (nSPS) is 18.1. The summed E-state index contributed by atoms with van der Waals surface area (Å²) in [6, 6.07) is 2.24. The molecular weight excluding hydrogens is 274 g/mol. The molecule has 1 unspecified atom stereocenters. The Labute approximate surface area is 124 Å². The van der Waals surface area contributed by atoms with Crippen LogP contribution in [0.1, 0.15) is 43.5 Å². The second kappa shape index (κ2) is 6.87. The SMILES string of the molecule is CCCC1CCN(C(=O)c2cc(F)c(NCC)c(F)c2)C1. The second-order valence-electron chi connectivity index (χ2n) is 5.54. The van der Waals surface area contributed by atoms with Crippen molar-refractivity contribution in [3.05, 3.63) is 29.3 Å². The Kier molecular flexibility index (Phi) is 5.15. The van der Waals surface area contributed by atoms with E-state index in [0.717, 1.165) is 31.4 Å². The van der Waals surface area contributed by atoms with Gasteiger partial charge < -0.3 is 10.2 Å². The van der Waals surface area contributed by atoms with E-state index in [0.29, 0.717) is 25.6 Å².